The lowest BCUT2D eigenvalue weighted by molar-refractivity contribution is 0.119. The van der Waals surface area contributed by atoms with E-state index in [2.05, 4.69) is 24.2 Å². The molecule has 0 aromatic carbocycles. The lowest BCUT2D eigenvalue weighted by Crippen LogP contribution is -2.13. The maximum atomic E-state index is 12.4. The fraction of sp³-hybridized carbons (Fsp3) is 0.818. The van der Waals surface area contributed by atoms with Crippen LogP contribution in [0.3, 0.4) is 0 Å². The Hall–Kier alpha value is -1.04. The molecule has 4 nitrogen and oxygen atoms in total. The summed E-state index contributed by atoms with van der Waals surface area (Å²) in [6.45, 7) is 4.28. The van der Waals surface area contributed by atoms with Gasteiger partial charge in [0.05, 0.1) is 11.4 Å². The normalized spacial score (nSPS) is 11.7. The number of rotatable bonds is 7. The van der Waals surface area contributed by atoms with E-state index >= 15 is 0 Å². The molecule has 0 aliphatic heterocycles. The predicted molar refractivity (Wildman–Crippen MR) is 61.9 cm³/mol. The molecule has 0 amide bonds. The Morgan fingerprint density at radius 3 is 2.53 bits per heavy atom. The third-order valence-corrected chi connectivity index (χ3v) is 2.57. The molecule has 2 N–H and O–H groups in total. The van der Waals surface area contributed by atoms with Gasteiger partial charge in [0.15, 0.2) is 0 Å². The van der Waals surface area contributed by atoms with E-state index in [-0.39, 0.29) is 6.54 Å². The van der Waals surface area contributed by atoms with E-state index in [0.717, 1.165) is 24.2 Å². The minimum absolute atomic E-state index is 0.384. The molecule has 1 heterocycles. The molecule has 0 aliphatic carbocycles. The lowest BCUT2D eigenvalue weighted by atomic mass is 10.0. The van der Waals surface area contributed by atoms with Crippen LogP contribution in [-0.4, -0.2) is 28.0 Å². The standard InChI is InChI=1S/C11H20F2N4/c1-8(2)3-4-10-9(5-6-14)15-16-17(10)7-11(12)13/h8,11H,3-7,14H2,1-2H3. The number of hydrogen-bond acceptors (Lipinski definition) is 3. The Balaban J connectivity index is 2.81. The van der Waals surface area contributed by atoms with Crippen molar-refractivity contribution >= 4 is 0 Å². The van der Waals surface area contributed by atoms with Gasteiger partial charge in [-0.2, -0.15) is 0 Å². The van der Waals surface area contributed by atoms with Crippen LogP contribution in [0.4, 0.5) is 8.78 Å². The fourth-order valence-electron chi connectivity index (χ4n) is 1.68. The molecule has 0 fully saturated rings. The van der Waals surface area contributed by atoms with E-state index in [1.807, 2.05) is 0 Å². The molecule has 0 saturated carbocycles. The van der Waals surface area contributed by atoms with Gasteiger partial charge in [-0.25, -0.2) is 13.5 Å². The van der Waals surface area contributed by atoms with Crippen molar-refractivity contribution in [3.63, 3.8) is 0 Å². The van der Waals surface area contributed by atoms with Crippen LogP contribution in [0.2, 0.25) is 0 Å². The summed E-state index contributed by atoms with van der Waals surface area (Å²) >= 11 is 0. The number of alkyl halides is 2. The lowest BCUT2D eigenvalue weighted by Gasteiger charge is -2.09. The molecule has 0 radical (unpaired) electrons. The molecule has 0 unspecified atom stereocenters. The highest BCUT2D eigenvalue weighted by Gasteiger charge is 2.15. The fourth-order valence-corrected chi connectivity index (χ4v) is 1.68. The van der Waals surface area contributed by atoms with Gasteiger partial charge in [-0.05, 0) is 25.3 Å². The molecule has 0 aliphatic rings. The largest absolute Gasteiger partial charge is 0.330 e. The molecule has 0 bridgehead atoms. The van der Waals surface area contributed by atoms with Gasteiger partial charge >= 0.3 is 0 Å². The number of hydrogen-bond donors (Lipinski definition) is 1. The monoisotopic (exact) mass is 246 g/mol. The van der Waals surface area contributed by atoms with Crippen LogP contribution in [0, 0.1) is 5.92 Å². The van der Waals surface area contributed by atoms with Crippen molar-refractivity contribution < 1.29 is 8.78 Å². The summed E-state index contributed by atoms with van der Waals surface area (Å²) < 4.78 is 26.1. The molecule has 0 spiro atoms. The average molecular weight is 246 g/mol. The molecule has 1 aromatic heterocycles. The molecular weight excluding hydrogens is 226 g/mol. The van der Waals surface area contributed by atoms with E-state index in [9.17, 15) is 8.78 Å². The zero-order valence-electron chi connectivity index (χ0n) is 10.4. The minimum Gasteiger partial charge on any atom is -0.330 e. The van der Waals surface area contributed by atoms with Crippen LogP contribution in [0.15, 0.2) is 0 Å². The number of halogens is 2. The second-order valence-corrected chi connectivity index (χ2v) is 4.53. The predicted octanol–water partition coefficient (Wildman–Crippen LogP) is 1.63. The topological polar surface area (TPSA) is 56.7 Å². The van der Waals surface area contributed by atoms with Gasteiger partial charge in [-0.3, -0.25) is 0 Å². The summed E-state index contributed by atoms with van der Waals surface area (Å²) in [4.78, 5) is 0. The smallest absolute Gasteiger partial charge is 0.257 e. The number of aromatic nitrogens is 3. The van der Waals surface area contributed by atoms with Crippen molar-refractivity contribution in [1.29, 1.82) is 0 Å². The molecule has 17 heavy (non-hydrogen) atoms. The maximum Gasteiger partial charge on any atom is 0.257 e. The van der Waals surface area contributed by atoms with Crippen molar-refractivity contribution in [2.24, 2.45) is 11.7 Å². The summed E-state index contributed by atoms with van der Waals surface area (Å²) in [5.74, 6) is 0.524. The van der Waals surface area contributed by atoms with Crippen LogP contribution >= 0.6 is 0 Å². The molecule has 98 valence electrons. The van der Waals surface area contributed by atoms with Gasteiger partial charge in [-0.15, -0.1) is 5.10 Å². The van der Waals surface area contributed by atoms with Gasteiger partial charge < -0.3 is 5.73 Å². The summed E-state index contributed by atoms with van der Waals surface area (Å²) in [6, 6.07) is 0. The van der Waals surface area contributed by atoms with Crippen LogP contribution in [0.1, 0.15) is 31.7 Å². The second-order valence-electron chi connectivity index (χ2n) is 4.53. The van der Waals surface area contributed by atoms with Crippen LogP contribution in [0.25, 0.3) is 0 Å². The first-order chi connectivity index (χ1) is 8.04. The van der Waals surface area contributed by atoms with E-state index < -0.39 is 6.43 Å². The van der Waals surface area contributed by atoms with Crippen molar-refractivity contribution in [3.8, 4) is 0 Å². The van der Waals surface area contributed by atoms with E-state index in [1.54, 1.807) is 0 Å². The van der Waals surface area contributed by atoms with Gasteiger partial charge in [0, 0.05) is 6.42 Å². The van der Waals surface area contributed by atoms with Crippen molar-refractivity contribution in [3.05, 3.63) is 11.4 Å². The first kappa shape index (κ1) is 14.0. The average Bonchev–Trinajstić information content (AvgIpc) is 2.58. The summed E-state index contributed by atoms with van der Waals surface area (Å²) in [5, 5.41) is 7.72. The van der Waals surface area contributed by atoms with Gasteiger partial charge in [-0.1, -0.05) is 19.1 Å². The molecule has 0 saturated heterocycles. The zero-order valence-corrected chi connectivity index (χ0v) is 10.4. The minimum atomic E-state index is -2.40. The first-order valence-electron chi connectivity index (χ1n) is 5.94. The van der Waals surface area contributed by atoms with E-state index in [1.165, 1.54) is 4.68 Å². The molecular formula is C11H20F2N4. The Bertz CT molecular complexity index is 336. The third kappa shape index (κ3) is 4.38. The zero-order chi connectivity index (χ0) is 12.8. The highest BCUT2D eigenvalue weighted by Crippen LogP contribution is 2.14. The SMILES string of the molecule is CC(C)CCc1c(CCN)nnn1CC(F)F. The van der Waals surface area contributed by atoms with Crippen LogP contribution in [0.5, 0.6) is 0 Å². The van der Waals surface area contributed by atoms with Crippen LogP contribution < -0.4 is 5.73 Å². The molecule has 6 heteroatoms. The van der Waals surface area contributed by atoms with E-state index in [4.69, 9.17) is 5.73 Å². The second kappa shape index (κ2) is 6.64. The third-order valence-electron chi connectivity index (χ3n) is 2.57. The molecule has 1 aromatic rings. The Labute approximate surface area is 100 Å². The Morgan fingerprint density at radius 1 is 1.29 bits per heavy atom. The van der Waals surface area contributed by atoms with Gasteiger partial charge in [0.2, 0.25) is 0 Å². The van der Waals surface area contributed by atoms with E-state index in [0.29, 0.717) is 18.9 Å². The first-order valence-corrected chi connectivity index (χ1v) is 5.94. The van der Waals surface area contributed by atoms with Gasteiger partial charge in [0.1, 0.15) is 6.54 Å². The van der Waals surface area contributed by atoms with Crippen molar-refractivity contribution in [2.75, 3.05) is 6.54 Å². The quantitative estimate of drug-likeness (QED) is 0.795. The molecule has 1 rings (SSSR count). The molecule has 0 atom stereocenters. The Morgan fingerprint density at radius 2 is 2.00 bits per heavy atom. The number of nitrogens with zero attached hydrogens (tertiary/aromatic N) is 3. The van der Waals surface area contributed by atoms with Gasteiger partial charge in [0.25, 0.3) is 6.43 Å². The van der Waals surface area contributed by atoms with Crippen molar-refractivity contribution in [2.45, 2.75) is 46.1 Å². The summed E-state index contributed by atoms with van der Waals surface area (Å²) in [5.41, 5.74) is 7.04. The van der Waals surface area contributed by atoms with Crippen molar-refractivity contribution in [1.82, 2.24) is 15.0 Å². The Kier molecular flexibility index (Phi) is 5.47. The highest BCUT2D eigenvalue weighted by atomic mass is 19.3. The highest BCUT2D eigenvalue weighted by molar-refractivity contribution is 5.11. The van der Waals surface area contributed by atoms with Crippen LogP contribution in [-0.2, 0) is 19.4 Å². The summed E-state index contributed by atoms with van der Waals surface area (Å²) in [7, 11) is 0. The summed E-state index contributed by atoms with van der Waals surface area (Å²) in [6.07, 6.45) is -0.141. The maximum absolute atomic E-state index is 12.4. The number of nitrogens with two attached hydrogens (primary N) is 1.